The molecule has 0 radical (unpaired) electrons. The predicted molar refractivity (Wildman–Crippen MR) is 57.7 cm³/mol. The van der Waals surface area contributed by atoms with Gasteiger partial charge in [-0.15, -0.1) is 0 Å². The average Bonchev–Trinajstić information content (AvgIpc) is 2.19. The third-order valence-corrected chi connectivity index (χ3v) is 1.93. The van der Waals surface area contributed by atoms with Crippen molar-refractivity contribution in [3.63, 3.8) is 0 Å². The number of halogens is 1. The minimum Gasteiger partial charge on any atom is -0.473 e. The van der Waals surface area contributed by atoms with Gasteiger partial charge in [-0.3, -0.25) is 0 Å². The third kappa shape index (κ3) is 3.01. The first-order valence-electron chi connectivity index (χ1n) is 4.31. The summed E-state index contributed by atoms with van der Waals surface area (Å²) in [5.41, 5.74) is 0.788. The molecule has 1 heterocycles. The van der Waals surface area contributed by atoms with E-state index in [9.17, 15) is 0 Å². The van der Waals surface area contributed by atoms with Gasteiger partial charge in [-0.25, -0.2) is 4.98 Å². The maximum absolute atomic E-state index is 5.93. The van der Waals surface area contributed by atoms with E-state index < -0.39 is 0 Å². The number of hydrogen-bond donors (Lipinski definition) is 1. The van der Waals surface area contributed by atoms with E-state index in [4.69, 9.17) is 16.3 Å². The van der Waals surface area contributed by atoms with Gasteiger partial charge in [-0.1, -0.05) is 24.3 Å². The van der Waals surface area contributed by atoms with Crippen LogP contribution in [0.25, 0.3) is 0 Å². The van der Waals surface area contributed by atoms with Crippen LogP contribution in [0.1, 0.15) is 5.69 Å². The quantitative estimate of drug-likeness (QED) is 0.759. The summed E-state index contributed by atoms with van der Waals surface area (Å²) in [5.74, 6) is 0.569. The summed E-state index contributed by atoms with van der Waals surface area (Å²) >= 11 is 5.93. The van der Waals surface area contributed by atoms with Gasteiger partial charge in [0.25, 0.3) is 0 Å². The van der Waals surface area contributed by atoms with Crippen molar-refractivity contribution in [2.75, 3.05) is 13.7 Å². The van der Waals surface area contributed by atoms with Crippen molar-refractivity contribution in [1.29, 1.82) is 0 Å². The van der Waals surface area contributed by atoms with Crippen molar-refractivity contribution in [2.24, 2.45) is 0 Å². The summed E-state index contributed by atoms with van der Waals surface area (Å²) in [6, 6.07) is 3.52. The van der Waals surface area contributed by atoms with Crippen molar-refractivity contribution >= 4 is 11.6 Å². The van der Waals surface area contributed by atoms with Crippen LogP contribution in [0.15, 0.2) is 24.8 Å². The zero-order chi connectivity index (χ0) is 10.4. The highest BCUT2D eigenvalue weighted by Gasteiger charge is 2.02. The Morgan fingerprint density at radius 2 is 2.43 bits per heavy atom. The summed E-state index contributed by atoms with van der Waals surface area (Å²) in [6.07, 6.45) is 1.67. The standard InChI is InChI=1S/C10H13ClN2O/c1-3-6-14-10-5-4-8(11)9(13-10)7-12-2/h3-5,12H,1,6-7H2,2H3. The molecule has 0 saturated carbocycles. The Morgan fingerprint density at radius 3 is 3.07 bits per heavy atom. The number of ether oxygens (including phenoxy) is 1. The van der Waals surface area contributed by atoms with Gasteiger partial charge in [-0.2, -0.15) is 0 Å². The summed E-state index contributed by atoms with van der Waals surface area (Å²) < 4.78 is 5.28. The van der Waals surface area contributed by atoms with E-state index in [0.717, 1.165) is 5.69 Å². The van der Waals surface area contributed by atoms with E-state index in [1.807, 2.05) is 7.05 Å². The van der Waals surface area contributed by atoms with Crippen LogP contribution in [0.5, 0.6) is 5.88 Å². The van der Waals surface area contributed by atoms with Gasteiger partial charge < -0.3 is 10.1 Å². The fraction of sp³-hybridized carbons (Fsp3) is 0.300. The fourth-order valence-electron chi connectivity index (χ4n) is 0.980. The molecular weight excluding hydrogens is 200 g/mol. The lowest BCUT2D eigenvalue weighted by molar-refractivity contribution is 0.347. The van der Waals surface area contributed by atoms with E-state index in [1.54, 1.807) is 18.2 Å². The molecule has 0 spiro atoms. The molecule has 1 aromatic rings. The lowest BCUT2D eigenvalue weighted by Crippen LogP contribution is -2.08. The highest BCUT2D eigenvalue weighted by atomic mass is 35.5. The monoisotopic (exact) mass is 212 g/mol. The molecule has 1 rings (SSSR count). The Morgan fingerprint density at radius 1 is 1.64 bits per heavy atom. The SMILES string of the molecule is C=CCOc1ccc(Cl)c(CNC)n1. The van der Waals surface area contributed by atoms with Gasteiger partial charge in [0.15, 0.2) is 0 Å². The maximum atomic E-state index is 5.93. The van der Waals surface area contributed by atoms with Crippen LogP contribution in [0.4, 0.5) is 0 Å². The molecule has 0 aliphatic carbocycles. The first-order valence-corrected chi connectivity index (χ1v) is 4.69. The maximum Gasteiger partial charge on any atom is 0.213 e. The molecule has 0 aromatic carbocycles. The van der Waals surface area contributed by atoms with E-state index in [2.05, 4.69) is 16.9 Å². The summed E-state index contributed by atoms with van der Waals surface area (Å²) in [4.78, 5) is 4.24. The Labute approximate surface area is 88.8 Å². The molecule has 4 heteroatoms. The zero-order valence-electron chi connectivity index (χ0n) is 8.09. The van der Waals surface area contributed by atoms with Crippen LogP contribution in [-0.2, 0) is 6.54 Å². The Balaban J connectivity index is 2.77. The largest absolute Gasteiger partial charge is 0.473 e. The van der Waals surface area contributed by atoms with Gasteiger partial charge in [-0.05, 0) is 13.1 Å². The van der Waals surface area contributed by atoms with Gasteiger partial charge in [0.05, 0.1) is 10.7 Å². The highest BCUT2D eigenvalue weighted by Crippen LogP contribution is 2.17. The van der Waals surface area contributed by atoms with Crippen LogP contribution in [0.2, 0.25) is 5.02 Å². The molecule has 0 fully saturated rings. The van der Waals surface area contributed by atoms with E-state index in [0.29, 0.717) is 24.1 Å². The number of pyridine rings is 1. The molecule has 1 N–H and O–H groups in total. The van der Waals surface area contributed by atoms with Crippen LogP contribution >= 0.6 is 11.6 Å². The van der Waals surface area contributed by atoms with Crippen LogP contribution in [-0.4, -0.2) is 18.6 Å². The van der Waals surface area contributed by atoms with Gasteiger partial charge in [0, 0.05) is 12.6 Å². The first-order chi connectivity index (χ1) is 6.77. The van der Waals surface area contributed by atoms with E-state index in [-0.39, 0.29) is 0 Å². The topological polar surface area (TPSA) is 34.1 Å². The van der Waals surface area contributed by atoms with E-state index >= 15 is 0 Å². The third-order valence-electron chi connectivity index (χ3n) is 1.59. The van der Waals surface area contributed by atoms with Crippen LogP contribution < -0.4 is 10.1 Å². The van der Waals surface area contributed by atoms with Crippen molar-refractivity contribution in [3.05, 3.63) is 35.5 Å². The second-order valence-electron chi connectivity index (χ2n) is 2.71. The summed E-state index contributed by atoms with van der Waals surface area (Å²) in [6.45, 7) is 4.64. The number of nitrogens with zero attached hydrogens (tertiary/aromatic N) is 1. The molecule has 76 valence electrons. The number of rotatable bonds is 5. The smallest absolute Gasteiger partial charge is 0.213 e. The van der Waals surface area contributed by atoms with Crippen LogP contribution in [0, 0.1) is 0 Å². The first kappa shape index (κ1) is 11.0. The molecule has 1 aromatic heterocycles. The van der Waals surface area contributed by atoms with Gasteiger partial charge in [0.1, 0.15) is 6.61 Å². The molecule has 0 unspecified atom stereocenters. The summed E-state index contributed by atoms with van der Waals surface area (Å²) in [5, 5.41) is 3.63. The van der Waals surface area contributed by atoms with Crippen molar-refractivity contribution < 1.29 is 4.74 Å². The molecule has 0 atom stereocenters. The minimum absolute atomic E-state index is 0.452. The zero-order valence-corrected chi connectivity index (χ0v) is 8.84. The Kier molecular flexibility index (Phi) is 4.43. The summed E-state index contributed by atoms with van der Waals surface area (Å²) in [7, 11) is 1.84. The second kappa shape index (κ2) is 5.62. The lowest BCUT2D eigenvalue weighted by atomic mass is 10.3. The highest BCUT2D eigenvalue weighted by molar-refractivity contribution is 6.31. The molecule has 3 nitrogen and oxygen atoms in total. The van der Waals surface area contributed by atoms with E-state index in [1.165, 1.54) is 0 Å². The van der Waals surface area contributed by atoms with Crippen molar-refractivity contribution in [3.8, 4) is 5.88 Å². The number of aromatic nitrogens is 1. The molecule has 0 bridgehead atoms. The predicted octanol–water partition coefficient (Wildman–Crippen LogP) is 2.02. The van der Waals surface area contributed by atoms with Crippen molar-refractivity contribution in [1.82, 2.24) is 10.3 Å². The Bertz CT molecular complexity index is 315. The second-order valence-corrected chi connectivity index (χ2v) is 3.12. The lowest BCUT2D eigenvalue weighted by Gasteiger charge is -2.06. The number of hydrogen-bond acceptors (Lipinski definition) is 3. The normalized spacial score (nSPS) is 9.86. The van der Waals surface area contributed by atoms with Crippen LogP contribution in [0.3, 0.4) is 0 Å². The minimum atomic E-state index is 0.452. The molecule has 0 saturated heterocycles. The molecule has 14 heavy (non-hydrogen) atoms. The molecule has 0 aliphatic rings. The molecule has 0 amide bonds. The van der Waals surface area contributed by atoms with Gasteiger partial charge >= 0.3 is 0 Å². The fourth-order valence-corrected chi connectivity index (χ4v) is 1.15. The Hall–Kier alpha value is -1.06. The van der Waals surface area contributed by atoms with Gasteiger partial charge in [0.2, 0.25) is 5.88 Å². The van der Waals surface area contributed by atoms with Crippen molar-refractivity contribution in [2.45, 2.75) is 6.54 Å². The average molecular weight is 213 g/mol. The molecular formula is C10H13ClN2O. The number of nitrogens with one attached hydrogen (secondary N) is 1. The molecule has 0 aliphatic heterocycles.